The Balaban J connectivity index is 2.39. The van der Waals surface area contributed by atoms with Crippen molar-refractivity contribution in [2.45, 2.75) is 25.7 Å². The Labute approximate surface area is 73.5 Å². The second-order valence-corrected chi connectivity index (χ2v) is 3.34. The van der Waals surface area contributed by atoms with E-state index in [0.717, 1.165) is 19.3 Å². The zero-order valence-electron chi connectivity index (χ0n) is 7.24. The predicted molar refractivity (Wildman–Crippen MR) is 47.3 cm³/mol. The highest BCUT2D eigenvalue weighted by Gasteiger charge is 2.20. The first-order valence-electron chi connectivity index (χ1n) is 4.51. The van der Waals surface area contributed by atoms with Crippen molar-refractivity contribution in [1.29, 1.82) is 5.26 Å². The summed E-state index contributed by atoms with van der Waals surface area (Å²) in [6, 6.07) is 2.15. The predicted octanol–water partition coefficient (Wildman–Crippen LogP) is 1.86. The number of hydrogen-bond acceptors (Lipinski definition) is 2. The molecule has 0 aromatic rings. The first-order valence-corrected chi connectivity index (χ1v) is 4.51. The first-order chi connectivity index (χ1) is 5.88. The maximum absolute atomic E-state index is 9.04. The fourth-order valence-corrected chi connectivity index (χ4v) is 1.75. The van der Waals surface area contributed by atoms with Crippen molar-refractivity contribution in [3.05, 3.63) is 12.2 Å². The highest BCUT2D eigenvalue weighted by molar-refractivity contribution is 4.95. The minimum absolute atomic E-state index is 0.264. The Bertz CT molecular complexity index is 193. The number of aliphatic hydroxyl groups is 1. The zero-order chi connectivity index (χ0) is 8.81. The Morgan fingerprint density at radius 3 is 2.58 bits per heavy atom. The monoisotopic (exact) mass is 165 g/mol. The molecule has 0 saturated heterocycles. The summed E-state index contributed by atoms with van der Waals surface area (Å²) in [6.07, 6.45) is 7.86. The van der Waals surface area contributed by atoms with Gasteiger partial charge in [-0.05, 0) is 31.1 Å². The molecule has 0 aromatic heterocycles. The molecule has 0 radical (unpaired) electrons. The van der Waals surface area contributed by atoms with Crippen molar-refractivity contribution in [2.75, 3.05) is 6.61 Å². The van der Waals surface area contributed by atoms with E-state index in [1.54, 1.807) is 0 Å². The molecule has 0 saturated carbocycles. The summed E-state index contributed by atoms with van der Waals surface area (Å²) < 4.78 is 0. The fraction of sp³-hybridized carbons (Fsp3) is 0.700. The molecule has 2 atom stereocenters. The third-order valence-electron chi connectivity index (χ3n) is 2.57. The molecule has 0 amide bonds. The Kier molecular flexibility index (Phi) is 3.83. The molecule has 12 heavy (non-hydrogen) atoms. The van der Waals surface area contributed by atoms with Crippen LogP contribution in [-0.4, -0.2) is 11.7 Å². The van der Waals surface area contributed by atoms with Gasteiger partial charge in [-0.25, -0.2) is 0 Å². The first kappa shape index (κ1) is 9.28. The second-order valence-electron chi connectivity index (χ2n) is 3.34. The number of aliphatic hydroxyl groups excluding tert-OH is 1. The van der Waals surface area contributed by atoms with Gasteiger partial charge in [0, 0.05) is 13.0 Å². The van der Waals surface area contributed by atoms with Crippen LogP contribution in [0.5, 0.6) is 0 Å². The topological polar surface area (TPSA) is 44.0 Å². The van der Waals surface area contributed by atoms with Gasteiger partial charge in [0.15, 0.2) is 0 Å². The molecule has 2 heteroatoms. The molecule has 2 unspecified atom stereocenters. The summed E-state index contributed by atoms with van der Waals surface area (Å²) in [7, 11) is 0. The Morgan fingerprint density at radius 2 is 2.00 bits per heavy atom. The number of allylic oxidation sites excluding steroid dienone is 2. The summed E-state index contributed by atoms with van der Waals surface area (Å²) in [5.74, 6) is 0.919. The van der Waals surface area contributed by atoms with Crippen LogP contribution in [0.1, 0.15) is 25.7 Å². The smallest absolute Gasteiger partial charge is 0.0621 e. The van der Waals surface area contributed by atoms with Gasteiger partial charge in [0.05, 0.1) is 6.07 Å². The van der Waals surface area contributed by atoms with Crippen LogP contribution in [0.3, 0.4) is 0 Å². The number of hydrogen-bond donors (Lipinski definition) is 1. The van der Waals surface area contributed by atoms with Gasteiger partial charge in [0.2, 0.25) is 0 Å². The van der Waals surface area contributed by atoms with E-state index in [1.165, 1.54) is 0 Å². The second kappa shape index (κ2) is 4.95. The van der Waals surface area contributed by atoms with Gasteiger partial charge in [0.25, 0.3) is 0 Å². The van der Waals surface area contributed by atoms with Crippen LogP contribution in [0.4, 0.5) is 0 Å². The molecule has 66 valence electrons. The van der Waals surface area contributed by atoms with Crippen LogP contribution in [-0.2, 0) is 0 Å². The van der Waals surface area contributed by atoms with E-state index < -0.39 is 0 Å². The highest BCUT2D eigenvalue weighted by atomic mass is 16.3. The molecule has 0 heterocycles. The lowest BCUT2D eigenvalue weighted by atomic mass is 9.81. The van der Waals surface area contributed by atoms with E-state index in [0.29, 0.717) is 18.3 Å². The number of nitrogens with zero attached hydrogens (tertiary/aromatic N) is 1. The summed E-state index contributed by atoms with van der Waals surface area (Å²) in [5, 5.41) is 17.5. The molecule has 0 aliphatic heterocycles. The fourth-order valence-electron chi connectivity index (χ4n) is 1.75. The zero-order valence-corrected chi connectivity index (χ0v) is 7.24. The third-order valence-corrected chi connectivity index (χ3v) is 2.57. The maximum Gasteiger partial charge on any atom is 0.0621 e. The quantitative estimate of drug-likeness (QED) is 0.649. The highest BCUT2D eigenvalue weighted by Crippen LogP contribution is 2.28. The summed E-state index contributed by atoms with van der Waals surface area (Å²) in [4.78, 5) is 0. The number of nitriles is 1. The normalized spacial score (nSPS) is 28.3. The molecule has 0 aromatic carbocycles. The van der Waals surface area contributed by atoms with E-state index in [1.807, 2.05) is 0 Å². The van der Waals surface area contributed by atoms with Crippen molar-refractivity contribution < 1.29 is 5.11 Å². The van der Waals surface area contributed by atoms with Gasteiger partial charge in [-0.2, -0.15) is 5.26 Å². The Morgan fingerprint density at radius 1 is 1.33 bits per heavy atom. The van der Waals surface area contributed by atoms with Gasteiger partial charge >= 0.3 is 0 Å². The SMILES string of the molecule is N#CCCC1CC=CCC1CO. The minimum Gasteiger partial charge on any atom is -0.396 e. The molecule has 0 spiro atoms. The lowest BCUT2D eigenvalue weighted by Gasteiger charge is -2.25. The molecular weight excluding hydrogens is 150 g/mol. The third kappa shape index (κ3) is 2.35. The van der Waals surface area contributed by atoms with Gasteiger partial charge in [-0.1, -0.05) is 12.2 Å². The van der Waals surface area contributed by atoms with Crippen LogP contribution >= 0.6 is 0 Å². The van der Waals surface area contributed by atoms with Crippen molar-refractivity contribution in [1.82, 2.24) is 0 Å². The molecular formula is C10H15NO. The molecule has 1 aliphatic carbocycles. The van der Waals surface area contributed by atoms with E-state index in [9.17, 15) is 0 Å². The van der Waals surface area contributed by atoms with Crippen LogP contribution < -0.4 is 0 Å². The van der Waals surface area contributed by atoms with Crippen molar-refractivity contribution in [2.24, 2.45) is 11.8 Å². The van der Waals surface area contributed by atoms with Crippen LogP contribution in [0.25, 0.3) is 0 Å². The molecule has 0 bridgehead atoms. The maximum atomic E-state index is 9.04. The van der Waals surface area contributed by atoms with Gasteiger partial charge < -0.3 is 5.11 Å². The largest absolute Gasteiger partial charge is 0.396 e. The molecule has 1 N–H and O–H groups in total. The lowest BCUT2D eigenvalue weighted by molar-refractivity contribution is 0.166. The molecule has 1 aliphatic rings. The Hall–Kier alpha value is -0.810. The average molecular weight is 165 g/mol. The summed E-state index contributed by atoms with van der Waals surface area (Å²) >= 11 is 0. The van der Waals surface area contributed by atoms with Crippen molar-refractivity contribution in [3.63, 3.8) is 0 Å². The molecule has 2 nitrogen and oxygen atoms in total. The molecule has 0 fully saturated rings. The summed E-state index contributed by atoms with van der Waals surface area (Å²) in [5.41, 5.74) is 0. The van der Waals surface area contributed by atoms with Crippen molar-refractivity contribution in [3.8, 4) is 6.07 Å². The van der Waals surface area contributed by atoms with Crippen LogP contribution in [0.2, 0.25) is 0 Å². The van der Waals surface area contributed by atoms with Gasteiger partial charge in [-0.3, -0.25) is 0 Å². The van der Waals surface area contributed by atoms with E-state index in [-0.39, 0.29) is 6.61 Å². The van der Waals surface area contributed by atoms with Crippen LogP contribution in [0, 0.1) is 23.2 Å². The van der Waals surface area contributed by atoms with Crippen LogP contribution in [0.15, 0.2) is 12.2 Å². The van der Waals surface area contributed by atoms with E-state index in [2.05, 4.69) is 18.2 Å². The van der Waals surface area contributed by atoms with E-state index >= 15 is 0 Å². The van der Waals surface area contributed by atoms with E-state index in [4.69, 9.17) is 10.4 Å². The lowest BCUT2D eigenvalue weighted by Crippen LogP contribution is -2.20. The number of rotatable bonds is 3. The standard InChI is InChI=1S/C10H15NO/c11-7-3-6-9-4-1-2-5-10(9)8-12/h1-2,9-10,12H,3-6,8H2. The minimum atomic E-state index is 0.264. The van der Waals surface area contributed by atoms with Gasteiger partial charge in [0.1, 0.15) is 0 Å². The van der Waals surface area contributed by atoms with Crippen molar-refractivity contribution >= 4 is 0 Å². The van der Waals surface area contributed by atoms with Gasteiger partial charge in [-0.15, -0.1) is 0 Å². The molecule has 1 rings (SSSR count). The summed E-state index contributed by atoms with van der Waals surface area (Å²) in [6.45, 7) is 0.264. The average Bonchev–Trinajstić information content (AvgIpc) is 2.15.